The maximum absolute atomic E-state index is 8.99. The second-order valence-electron chi connectivity index (χ2n) is 6.10. The van der Waals surface area contributed by atoms with Gasteiger partial charge in [-0.2, -0.15) is 5.26 Å². The summed E-state index contributed by atoms with van der Waals surface area (Å²) in [6, 6.07) is 11.1. The van der Waals surface area contributed by atoms with E-state index in [-0.39, 0.29) is 0 Å². The van der Waals surface area contributed by atoms with Gasteiger partial charge in [0.25, 0.3) is 0 Å². The number of nitrogens with zero attached hydrogens (tertiary/aromatic N) is 2. The van der Waals surface area contributed by atoms with E-state index in [1.54, 1.807) is 0 Å². The first kappa shape index (κ1) is 16.0. The lowest BCUT2D eigenvalue weighted by atomic mass is 10.0. The molecule has 1 aliphatic rings. The Hall–Kier alpha value is -1.37. The molecule has 0 spiro atoms. The van der Waals surface area contributed by atoms with Gasteiger partial charge in [0, 0.05) is 12.1 Å². The van der Waals surface area contributed by atoms with Crippen molar-refractivity contribution in [1.82, 2.24) is 10.2 Å². The van der Waals surface area contributed by atoms with Crippen LogP contribution in [0.3, 0.4) is 0 Å². The standard InChI is InChI=1S/C18H27N3/c1-3-4-10-21-11-8-18(9-12-21)20-15(2)17-7-5-6-16(13-17)14-19/h5-7,13,15,18,20H,3-4,8-12H2,1-2H3. The van der Waals surface area contributed by atoms with Crippen LogP contribution in [0.15, 0.2) is 24.3 Å². The molecule has 2 rings (SSSR count). The Balaban J connectivity index is 1.81. The average molecular weight is 285 g/mol. The molecule has 1 unspecified atom stereocenters. The zero-order valence-electron chi connectivity index (χ0n) is 13.3. The van der Waals surface area contributed by atoms with E-state index in [0.717, 1.165) is 5.56 Å². The summed E-state index contributed by atoms with van der Waals surface area (Å²) >= 11 is 0. The maximum atomic E-state index is 8.99. The molecule has 3 heteroatoms. The molecular weight excluding hydrogens is 258 g/mol. The van der Waals surface area contributed by atoms with Gasteiger partial charge in [-0.15, -0.1) is 0 Å². The number of likely N-dealkylation sites (tertiary alicyclic amines) is 1. The molecule has 0 radical (unpaired) electrons. The third-order valence-electron chi connectivity index (χ3n) is 4.42. The highest BCUT2D eigenvalue weighted by atomic mass is 15.1. The third-order valence-corrected chi connectivity index (χ3v) is 4.42. The van der Waals surface area contributed by atoms with Crippen LogP contribution in [0.5, 0.6) is 0 Å². The molecule has 0 bridgehead atoms. The molecule has 0 aromatic heterocycles. The fraction of sp³-hybridized carbons (Fsp3) is 0.611. The fourth-order valence-electron chi connectivity index (χ4n) is 3.03. The van der Waals surface area contributed by atoms with E-state index in [1.807, 2.05) is 18.2 Å². The zero-order valence-corrected chi connectivity index (χ0v) is 13.3. The number of rotatable bonds is 6. The van der Waals surface area contributed by atoms with Crippen molar-refractivity contribution in [3.05, 3.63) is 35.4 Å². The lowest BCUT2D eigenvalue weighted by Gasteiger charge is -2.34. The first-order chi connectivity index (χ1) is 10.2. The van der Waals surface area contributed by atoms with Gasteiger partial charge >= 0.3 is 0 Å². The minimum absolute atomic E-state index is 0.311. The molecule has 3 nitrogen and oxygen atoms in total. The van der Waals surface area contributed by atoms with Crippen LogP contribution in [-0.4, -0.2) is 30.6 Å². The van der Waals surface area contributed by atoms with Gasteiger partial charge < -0.3 is 10.2 Å². The number of nitriles is 1. The molecule has 0 amide bonds. The number of hydrogen-bond acceptors (Lipinski definition) is 3. The van der Waals surface area contributed by atoms with Crippen LogP contribution in [0.1, 0.15) is 56.7 Å². The molecule has 0 saturated carbocycles. The zero-order chi connectivity index (χ0) is 15.1. The van der Waals surface area contributed by atoms with Crippen molar-refractivity contribution in [2.24, 2.45) is 0 Å². The van der Waals surface area contributed by atoms with E-state index in [9.17, 15) is 0 Å². The van der Waals surface area contributed by atoms with Crippen molar-refractivity contribution >= 4 is 0 Å². The van der Waals surface area contributed by atoms with Crippen molar-refractivity contribution in [2.45, 2.75) is 51.6 Å². The summed E-state index contributed by atoms with van der Waals surface area (Å²) in [5.41, 5.74) is 1.96. The van der Waals surface area contributed by atoms with Crippen molar-refractivity contribution in [3.8, 4) is 6.07 Å². The molecule has 1 aliphatic heterocycles. The van der Waals surface area contributed by atoms with Crippen LogP contribution in [0, 0.1) is 11.3 Å². The van der Waals surface area contributed by atoms with Crippen molar-refractivity contribution in [3.63, 3.8) is 0 Å². The Morgan fingerprint density at radius 2 is 2.14 bits per heavy atom. The van der Waals surface area contributed by atoms with E-state index in [2.05, 4.69) is 36.2 Å². The van der Waals surface area contributed by atoms with E-state index < -0.39 is 0 Å². The van der Waals surface area contributed by atoms with E-state index in [0.29, 0.717) is 12.1 Å². The van der Waals surface area contributed by atoms with E-state index >= 15 is 0 Å². The van der Waals surface area contributed by atoms with Crippen molar-refractivity contribution in [2.75, 3.05) is 19.6 Å². The largest absolute Gasteiger partial charge is 0.307 e. The SMILES string of the molecule is CCCCN1CCC(NC(C)c2cccc(C#N)c2)CC1. The van der Waals surface area contributed by atoms with Gasteiger partial charge in [-0.25, -0.2) is 0 Å². The Bertz CT molecular complexity index is 470. The summed E-state index contributed by atoms with van der Waals surface area (Å²) in [4.78, 5) is 2.59. The summed E-state index contributed by atoms with van der Waals surface area (Å²) < 4.78 is 0. The number of nitrogens with one attached hydrogen (secondary N) is 1. The van der Waals surface area contributed by atoms with Crippen molar-refractivity contribution < 1.29 is 0 Å². The van der Waals surface area contributed by atoms with E-state index in [4.69, 9.17) is 5.26 Å². The summed E-state index contributed by atoms with van der Waals surface area (Å²) in [5.74, 6) is 0. The fourth-order valence-corrected chi connectivity index (χ4v) is 3.03. The molecule has 114 valence electrons. The van der Waals surface area contributed by atoms with Crippen LogP contribution in [0.25, 0.3) is 0 Å². The predicted molar refractivity (Wildman–Crippen MR) is 87.1 cm³/mol. The van der Waals surface area contributed by atoms with Gasteiger partial charge in [0.05, 0.1) is 11.6 Å². The third kappa shape index (κ3) is 4.84. The van der Waals surface area contributed by atoms with Crippen LogP contribution in [0.2, 0.25) is 0 Å². The van der Waals surface area contributed by atoms with E-state index in [1.165, 1.54) is 50.9 Å². The lowest BCUT2D eigenvalue weighted by molar-refractivity contribution is 0.190. The first-order valence-corrected chi connectivity index (χ1v) is 8.21. The van der Waals surface area contributed by atoms with Crippen LogP contribution < -0.4 is 5.32 Å². The van der Waals surface area contributed by atoms with Gasteiger partial charge in [-0.05, 0) is 63.5 Å². The molecule has 1 aromatic rings. The Morgan fingerprint density at radius 1 is 1.38 bits per heavy atom. The van der Waals surface area contributed by atoms with Crippen molar-refractivity contribution in [1.29, 1.82) is 5.26 Å². The van der Waals surface area contributed by atoms with Gasteiger partial charge in [0.2, 0.25) is 0 Å². The minimum Gasteiger partial charge on any atom is -0.307 e. The minimum atomic E-state index is 0.311. The molecule has 1 saturated heterocycles. The Kier molecular flexibility index (Phi) is 6.22. The lowest BCUT2D eigenvalue weighted by Crippen LogP contribution is -2.43. The summed E-state index contributed by atoms with van der Waals surface area (Å²) in [6.45, 7) is 8.12. The number of benzene rings is 1. The highest BCUT2D eigenvalue weighted by Crippen LogP contribution is 2.18. The Morgan fingerprint density at radius 3 is 2.81 bits per heavy atom. The first-order valence-electron chi connectivity index (χ1n) is 8.21. The normalized spacial score (nSPS) is 18.3. The molecule has 1 fully saturated rings. The molecule has 1 N–H and O–H groups in total. The highest BCUT2D eigenvalue weighted by Gasteiger charge is 2.20. The molecular formula is C18H27N3. The molecule has 1 atom stereocenters. The molecule has 0 aliphatic carbocycles. The van der Waals surface area contributed by atoms with Crippen LogP contribution >= 0.6 is 0 Å². The van der Waals surface area contributed by atoms with Gasteiger partial charge in [-0.3, -0.25) is 0 Å². The quantitative estimate of drug-likeness (QED) is 0.870. The number of piperidine rings is 1. The van der Waals surface area contributed by atoms with Gasteiger partial charge in [0.1, 0.15) is 0 Å². The van der Waals surface area contributed by atoms with Gasteiger partial charge in [-0.1, -0.05) is 25.5 Å². The summed E-state index contributed by atoms with van der Waals surface area (Å²) in [6.07, 6.45) is 5.05. The smallest absolute Gasteiger partial charge is 0.0991 e. The molecule has 1 aromatic carbocycles. The van der Waals surface area contributed by atoms with Crippen LogP contribution in [-0.2, 0) is 0 Å². The molecule has 1 heterocycles. The highest BCUT2D eigenvalue weighted by molar-refractivity contribution is 5.34. The second kappa shape index (κ2) is 8.17. The topological polar surface area (TPSA) is 39.1 Å². The number of unbranched alkanes of at least 4 members (excludes halogenated alkanes) is 1. The second-order valence-corrected chi connectivity index (χ2v) is 6.10. The summed E-state index contributed by atoms with van der Waals surface area (Å²) in [5, 5.41) is 12.7. The average Bonchev–Trinajstić information content (AvgIpc) is 2.54. The number of hydrogen-bond donors (Lipinski definition) is 1. The maximum Gasteiger partial charge on any atom is 0.0991 e. The Labute approximate surface area is 129 Å². The van der Waals surface area contributed by atoms with Gasteiger partial charge in [0.15, 0.2) is 0 Å². The summed E-state index contributed by atoms with van der Waals surface area (Å²) in [7, 11) is 0. The predicted octanol–water partition coefficient (Wildman–Crippen LogP) is 3.47. The van der Waals surface area contributed by atoms with Crippen LogP contribution in [0.4, 0.5) is 0 Å². The monoisotopic (exact) mass is 285 g/mol. The molecule has 21 heavy (non-hydrogen) atoms.